The first-order valence-electron chi connectivity index (χ1n) is 2.66. The number of para-hydroxylation sites is 1. The van der Waals surface area contributed by atoms with Crippen LogP contribution in [0.1, 0.15) is 0 Å². The summed E-state index contributed by atoms with van der Waals surface area (Å²) >= 11 is 4.15. The number of hydrogen-bond donors (Lipinski definition) is 1. The molecule has 0 aliphatic rings. The minimum atomic E-state index is 0. The zero-order valence-corrected chi connectivity index (χ0v) is 6.06. The van der Waals surface area contributed by atoms with Crippen LogP contribution in [0.3, 0.4) is 0 Å². The summed E-state index contributed by atoms with van der Waals surface area (Å²) in [7, 11) is 1.63. The van der Waals surface area contributed by atoms with Crippen LogP contribution in [-0.2, 0) is 0 Å². The van der Waals surface area contributed by atoms with Crippen molar-refractivity contribution in [2.45, 2.75) is 4.90 Å². The minimum absolute atomic E-state index is 0. The quantitative estimate of drug-likeness (QED) is 0.507. The molecule has 3 heteroatoms. The van der Waals surface area contributed by atoms with Gasteiger partial charge in [0.05, 0.1) is 7.11 Å². The molecule has 0 radical (unpaired) electrons. The van der Waals surface area contributed by atoms with E-state index in [0.29, 0.717) is 0 Å². The van der Waals surface area contributed by atoms with Crippen molar-refractivity contribution in [2.75, 3.05) is 7.11 Å². The number of methoxy groups -OCH3 is 1. The van der Waals surface area contributed by atoms with E-state index in [-0.39, 0.29) is 51.4 Å². The maximum atomic E-state index is 4.97. The summed E-state index contributed by atoms with van der Waals surface area (Å²) < 4.78 is 4.97. The molecule has 0 bridgehead atoms. The second-order valence-corrected chi connectivity index (χ2v) is 2.15. The Morgan fingerprint density at radius 3 is 2.30 bits per heavy atom. The van der Waals surface area contributed by atoms with Gasteiger partial charge in [-0.15, -0.1) is 12.6 Å². The maximum absolute atomic E-state index is 4.97. The standard InChI is InChI=1S/C7H8OS.K.H/c1-8-6-4-2-3-5-7(6)9;;/h2-5,9H,1H3;;. The molecule has 0 heterocycles. The first kappa shape index (κ1) is 11.0. The fourth-order valence-corrected chi connectivity index (χ4v) is 0.882. The summed E-state index contributed by atoms with van der Waals surface area (Å²) in [5.74, 6) is 0.820. The summed E-state index contributed by atoms with van der Waals surface area (Å²) in [5, 5.41) is 0. The van der Waals surface area contributed by atoms with Crippen molar-refractivity contribution < 1.29 is 4.74 Å². The van der Waals surface area contributed by atoms with E-state index in [1.165, 1.54) is 0 Å². The van der Waals surface area contributed by atoms with E-state index in [4.69, 9.17) is 4.74 Å². The predicted molar refractivity (Wildman–Crippen MR) is 47.4 cm³/mol. The Kier molecular flexibility index (Phi) is 6.20. The molecule has 0 aromatic heterocycles. The Hall–Kier alpha value is 1.01. The number of benzene rings is 1. The fourth-order valence-electron chi connectivity index (χ4n) is 0.630. The van der Waals surface area contributed by atoms with Gasteiger partial charge >= 0.3 is 51.4 Å². The molecule has 1 nitrogen and oxygen atoms in total. The number of ether oxygens (including phenoxy) is 1. The molecule has 0 atom stereocenters. The molecule has 1 aromatic rings. The molecule has 0 fully saturated rings. The third kappa shape index (κ3) is 2.94. The monoisotopic (exact) mass is 180 g/mol. The van der Waals surface area contributed by atoms with E-state index in [1.54, 1.807) is 7.11 Å². The van der Waals surface area contributed by atoms with Gasteiger partial charge in [0.1, 0.15) is 5.75 Å². The van der Waals surface area contributed by atoms with Crippen LogP contribution >= 0.6 is 12.6 Å². The van der Waals surface area contributed by atoms with Crippen molar-refractivity contribution in [3.63, 3.8) is 0 Å². The topological polar surface area (TPSA) is 9.23 Å². The molecule has 50 valence electrons. The summed E-state index contributed by atoms with van der Waals surface area (Å²) in [6.07, 6.45) is 0. The Balaban J connectivity index is 0.000000810. The Morgan fingerprint density at radius 2 is 1.90 bits per heavy atom. The molecule has 1 aromatic carbocycles. The SMILES string of the molecule is COc1ccccc1S.[KH]. The molecule has 1 rings (SSSR count). The molecular weight excluding hydrogens is 171 g/mol. The summed E-state index contributed by atoms with van der Waals surface area (Å²) in [6, 6.07) is 7.60. The van der Waals surface area contributed by atoms with Crippen molar-refractivity contribution in [1.29, 1.82) is 0 Å². The summed E-state index contributed by atoms with van der Waals surface area (Å²) in [4.78, 5) is 0.875. The van der Waals surface area contributed by atoms with Crippen LogP contribution in [0.2, 0.25) is 0 Å². The van der Waals surface area contributed by atoms with Crippen LogP contribution in [0.15, 0.2) is 29.2 Å². The normalized spacial score (nSPS) is 8.20. The molecular formula is C7H9KOS. The van der Waals surface area contributed by atoms with Crippen LogP contribution in [0, 0.1) is 0 Å². The molecule has 0 N–H and O–H groups in total. The Labute approximate surface area is 109 Å². The van der Waals surface area contributed by atoms with E-state index in [9.17, 15) is 0 Å². The van der Waals surface area contributed by atoms with E-state index in [0.717, 1.165) is 10.6 Å². The molecule has 0 unspecified atom stereocenters. The van der Waals surface area contributed by atoms with Gasteiger partial charge < -0.3 is 4.74 Å². The fraction of sp³-hybridized carbons (Fsp3) is 0.143. The third-order valence-corrected chi connectivity index (χ3v) is 1.45. The van der Waals surface area contributed by atoms with Crippen LogP contribution in [0.4, 0.5) is 0 Å². The average molecular weight is 180 g/mol. The molecule has 10 heavy (non-hydrogen) atoms. The van der Waals surface area contributed by atoms with Crippen LogP contribution < -0.4 is 4.74 Å². The number of hydrogen-bond acceptors (Lipinski definition) is 2. The molecule has 0 aliphatic carbocycles. The predicted octanol–water partition coefficient (Wildman–Crippen LogP) is 1.34. The Bertz CT molecular complexity index is 203. The van der Waals surface area contributed by atoms with Crippen molar-refractivity contribution in [3.05, 3.63) is 24.3 Å². The molecule has 0 saturated heterocycles. The zero-order chi connectivity index (χ0) is 6.69. The van der Waals surface area contributed by atoms with Gasteiger partial charge in [0.15, 0.2) is 0 Å². The third-order valence-electron chi connectivity index (χ3n) is 1.09. The van der Waals surface area contributed by atoms with Gasteiger partial charge in [-0.25, -0.2) is 0 Å². The van der Waals surface area contributed by atoms with Gasteiger partial charge in [-0.1, -0.05) is 12.1 Å². The van der Waals surface area contributed by atoms with E-state index < -0.39 is 0 Å². The van der Waals surface area contributed by atoms with Crippen molar-refractivity contribution in [3.8, 4) is 5.75 Å². The van der Waals surface area contributed by atoms with Crippen molar-refractivity contribution in [2.24, 2.45) is 0 Å². The van der Waals surface area contributed by atoms with Gasteiger partial charge in [0.25, 0.3) is 0 Å². The number of rotatable bonds is 1. The summed E-state index contributed by atoms with van der Waals surface area (Å²) in [6.45, 7) is 0. The second kappa shape index (κ2) is 5.63. The van der Waals surface area contributed by atoms with Gasteiger partial charge in [0.2, 0.25) is 0 Å². The van der Waals surface area contributed by atoms with E-state index in [1.807, 2.05) is 24.3 Å². The summed E-state index contributed by atoms with van der Waals surface area (Å²) in [5.41, 5.74) is 0. The first-order chi connectivity index (χ1) is 4.34. The van der Waals surface area contributed by atoms with Crippen molar-refractivity contribution >= 4 is 64.0 Å². The first-order valence-corrected chi connectivity index (χ1v) is 3.11. The Morgan fingerprint density at radius 1 is 1.30 bits per heavy atom. The molecule has 0 aliphatic heterocycles. The van der Waals surface area contributed by atoms with Gasteiger partial charge in [0, 0.05) is 4.90 Å². The van der Waals surface area contributed by atoms with Crippen LogP contribution in [0.5, 0.6) is 5.75 Å². The molecule has 0 amide bonds. The van der Waals surface area contributed by atoms with Gasteiger partial charge in [-0.3, -0.25) is 0 Å². The zero-order valence-electron chi connectivity index (χ0n) is 5.16. The molecule has 0 saturated carbocycles. The number of thiol groups is 1. The van der Waals surface area contributed by atoms with Crippen LogP contribution in [-0.4, -0.2) is 58.5 Å². The molecule has 0 spiro atoms. The average Bonchev–Trinajstić information content (AvgIpc) is 1.89. The van der Waals surface area contributed by atoms with Gasteiger partial charge in [-0.05, 0) is 12.1 Å². The van der Waals surface area contributed by atoms with Crippen LogP contribution in [0.25, 0.3) is 0 Å². The second-order valence-electron chi connectivity index (χ2n) is 1.67. The van der Waals surface area contributed by atoms with Gasteiger partial charge in [-0.2, -0.15) is 0 Å². The van der Waals surface area contributed by atoms with Crippen molar-refractivity contribution in [1.82, 2.24) is 0 Å². The van der Waals surface area contributed by atoms with E-state index in [2.05, 4.69) is 12.6 Å². The van der Waals surface area contributed by atoms with E-state index >= 15 is 0 Å².